The van der Waals surface area contributed by atoms with E-state index in [0.717, 1.165) is 12.5 Å². The molecule has 0 saturated carbocycles. The van der Waals surface area contributed by atoms with Gasteiger partial charge in [0.2, 0.25) is 10.0 Å². The van der Waals surface area contributed by atoms with Gasteiger partial charge in [0.1, 0.15) is 0 Å². The minimum Gasteiger partial charge on any atom is -0.478 e. The third-order valence-corrected chi connectivity index (χ3v) is 4.91. The van der Waals surface area contributed by atoms with Crippen LogP contribution in [0.3, 0.4) is 0 Å². The topological polar surface area (TPSA) is 83.5 Å². The van der Waals surface area contributed by atoms with E-state index in [9.17, 15) is 13.2 Å². The molecule has 0 spiro atoms. The first kappa shape index (κ1) is 16.1. The fourth-order valence-corrected chi connectivity index (χ4v) is 2.92. The highest BCUT2D eigenvalue weighted by Crippen LogP contribution is 2.21. The maximum atomic E-state index is 12.0. The first-order chi connectivity index (χ1) is 8.77. The molecule has 0 fully saturated rings. The van der Waals surface area contributed by atoms with Crippen molar-refractivity contribution in [3.8, 4) is 0 Å². The highest BCUT2D eigenvalue weighted by Gasteiger charge is 2.18. The van der Waals surface area contributed by atoms with Gasteiger partial charge < -0.3 is 5.11 Å². The Labute approximate surface area is 121 Å². The van der Waals surface area contributed by atoms with E-state index in [4.69, 9.17) is 5.11 Å². The molecule has 0 radical (unpaired) electrons. The van der Waals surface area contributed by atoms with E-state index in [0.29, 0.717) is 11.0 Å². The van der Waals surface area contributed by atoms with Gasteiger partial charge in [0.05, 0.1) is 10.5 Å². The molecule has 1 aromatic rings. The summed E-state index contributed by atoms with van der Waals surface area (Å²) in [6.45, 7) is 4.24. The van der Waals surface area contributed by atoms with Crippen molar-refractivity contribution in [3.05, 3.63) is 28.2 Å². The van der Waals surface area contributed by atoms with Crippen LogP contribution in [0.1, 0.15) is 30.6 Å². The SMILES string of the molecule is CCC(C)CNS(=O)(=O)c1ccc(Br)c(C(=O)O)c1. The van der Waals surface area contributed by atoms with Crippen LogP contribution in [-0.4, -0.2) is 26.0 Å². The van der Waals surface area contributed by atoms with Gasteiger partial charge in [-0.25, -0.2) is 17.9 Å². The van der Waals surface area contributed by atoms with Gasteiger partial charge in [-0.3, -0.25) is 0 Å². The number of carboxylic acid groups (broad SMARTS) is 1. The molecule has 0 aliphatic rings. The van der Waals surface area contributed by atoms with E-state index in [2.05, 4.69) is 20.7 Å². The van der Waals surface area contributed by atoms with Crippen LogP contribution in [0.4, 0.5) is 0 Å². The second-order valence-corrected chi connectivity index (χ2v) is 6.93. The molecule has 2 N–H and O–H groups in total. The fraction of sp³-hybridized carbons (Fsp3) is 0.417. The predicted molar refractivity (Wildman–Crippen MR) is 75.7 cm³/mol. The van der Waals surface area contributed by atoms with E-state index in [-0.39, 0.29) is 16.4 Å². The molecular formula is C12H16BrNO4S. The molecule has 0 saturated heterocycles. The fourth-order valence-electron chi connectivity index (χ4n) is 1.32. The van der Waals surface area contributed by atoms with Gasteiger partial charge in [0.15, 0.2) is 0 Å². The van der Waals surface area contributed by atoms with Gasteiger partial charge in [-0.1, -0.05) is 20.3 Å². The molecule has 1 aromatic carbocycles. The van der Waals surface area contributed by atoms with Crippen LogP contribution in [-0.2, 0) is 10.0 Å². The summed E-state index contributed by atoms with van der Waals surface area (Å²) in [6.07, 6.45) is 0.864. The Bertz CT molecular complexity index is 571. The second kappa shape index (κ2) is 6.49. The van der Waals surface area contributed by atoms with E-state index in [1.54, 1.807) is 0 Å². The van der Waals surface area contributed by atoms with Gasteiger partial charge in [-0.2, -0.15) is 0 Å². The number of rotatable bonds is 6. The molecule has 106 valence electrons. The van der Waals surface area contributed by atoms with Crippen molar-refractivity contribution >= 4 is 31.9 Å². The highest BCUT2D eigenvalue weighted by molar-refractivity contribution is 9.10. The summed E-state index contributed by atoms with van der Waals surface area (Å²) in [4.78, 5) is 10.9. The molecule has 1 rings (SSSR count). The smallest absolute Gasteiger partial charge is 0.336 e. The zero-order chi connectivity index (χ0) is 14.6. The lowest BCUT2D eigenvalue weighted by molar-refractivity contribution is 0.0695. The van der Waals surface area contributed by atoms with E-state index in [1.807, 2.05) is 13.8 Å². The number of benzene rings is 1. The zero-order valence-electron chi connectivity index (χ0n) is 10.7. The molecule has 1 atom stereocenters. The van der Waals surface area contributed by atoms with Gasteiger partial charge in [-0.05, 0) is 40.0 Å². The molecule has 5 nitrogen and oxygen atoms in total. The first-order valence-corrected chi connectivity index (χ1v) is 8.08. The van der Waals surface area contributed by atoms with Crippen molar-refractivity contribution in [3.63, 3.8) is 0 Å². The molecule has 19 heavy (non-hydrogen) atoms. The summed E-state index contributed by atoms with van der Waals surface area (Å²) in [5.41, 5.74) is -0.0774. The molecule has 0 aliphatic heterocycles. The normalized spacial score (nSPS) is 13.2. The van der Waals surface area contributed by atoms with E-state index in [1.165, 1.54) is 12.1 Å². The predicted octanol–water partition coefficient (Wildman–Crippen LogP) is 2.47. The molecule has 1 unspecified atom stereocenters. The van der Waals surface area contributed by atoms with Crippen molar-refractivity contribution in [2.24, 2.45) is 5.92 Å². The Morgan fingerprint density at radius 2 is 2.11 bits per heavy atom. The van der Waals surface area contributed by atoms with Crippen molar-refractivity contribution < 1.29 is 18.3 Å². The van der Waals surface area contributed by atoms with Gasteiger partial charge in [0.25, 0.3) is 0 Å². The average Bonchev–Trinajstić information content (AvgIpc) is 2.35. The largest absolute Gasteiger partial charge is 0.478 e. The standard InChI is InChI=1S/C12H16BrNO4S/c1-3-8(2)7-14-19(17,18)9-4-5-11(13)10(6-9)12(15)16/h4-6,8,14H,3,7H2,1-2H3,(H,15,16). The third-order valence-electron chi connectivity index (χ3n) is 2.80. The molecule has 0 bridgehead atoms. The average molecular weight is 350 g/mol. The monoisotopic (exact) mass is 349 g/mol. The lowest BCUT2D eigenvalue weighted by Gasteiger charge is -2.11. The van der Waals surface area contributed by atoms with Crippen molar-refractivity contribution in [2.75, 3.05) is 6.54 Å². The summed E-state index contributed by atoms with van der Waals surface area (Å²) in [5.74, 6) is -0.949. The van der Waals surface area contributed by atoms with Crippen LogP contribution in [0.5, 0.6) is 0 Å². The molecule has 0 heterocycles. The van der Waals surface area contributed by atoms with E-state index >= 15 is 0 Å². The highest BCUT2D eigenvalue weighted by atomic mass is 79.9. The molecular weight excluding hydrogens is 334 g/mol. The lowest BCUT2D eigenvalue weighted by Crippen LogP contribution is -2.28. The van der Waals surface area contributed by atoms with Crippen LogP contribution in [0, 0.1) is 5.92 Å². The van der Waals surface area contributed by atoms with E-state index < -0.39 is 16.0 Å². The summed E-state index contributed by atoms with van der Waals surface area (Å²) >= 11 is 3.08. The summed E-state index contributed by atoms with van der Waals surface area (Å²) in [5, 5.41) is 8.97. The summed E-state index contributed by atoms with van der Waals surface area (Å²) in [7, 11) is -3.67. The van der Waals surface area contributed by atoms with Crippen molar-refractivity contribution in [1.82, 2.24) is 4.72 Å². The number of carboxylic acids is 1. The Kier molecular flexibility index (Phi) is 5.51. The lowest BCUT2D eigenvalue weighted by atomic mass is 10.1. The van der Waals surface area contributed by atoms with Crippen LogP contribution in [0.2, 0.25) is 0 Å². The van der Waals surface area contributed by atoms with Crippen LogP contribution >= 0.6 is 15.9 Å². The van der Waals surface area contributed by atoms with Crippen molar-refractivity contribution in [1.29, 1.82) is 0 Å². The Balaban J connectivity index is 3.02. The number of hydrogen-bond acceptors (Lipinski definition) is 3. The number of hydrogen-bond donors (Lipinski definition) is 2. The van der Waals surface area contributed by atoms with Gasteiger partial charge >= 0.3 is 5.97 Å². The summed E-state index contributed by atoms with van der Waals surface area (Å²) in [6, 6.07) is 3.93. The zero-order valence-corrected chi connectivity index (χ0v) is 13.1. The summed E-state index contributed by atoms with van der Waals surface area (Å²) < 4.78 is 26.9. The Morgan fingerprint density at radius 3 is 2.63 bits per heavy atom. The number of nitrogens with one attached hydrogen (secondary N) is 1. The Morgan fingerprint density at radius 1 is 1.47 bits per heavy atom. The number of sulfonamides is 1. The quantitative estimate of drug-likeness (QED) is 0.826. The number of halogens is 1. The van der Waals surface area contributed by atoms with Crippen molar-refractivity contribution in [2.45, 2.75) is 25.2 Å². The maximum Gasteiger partial charge on any atom is 0.336 e. The van der Waals surface area contributed by atoms with Crippen LogP contribution < -0.4 is 4.72 Å². The molecule has 0 aliphatic carbocycles. The van der Waals surface area contributed by atoms with Crippen LogP contribution in [0.15, 0.2) is 27.6 Å². The Hall–Kier alpha value is -0.920. The molecule has 0 aromatic heterocycles. The minimum atomic E-state index is -3.67. The second-order valence-electron chi connectivity index (χ2n) is 4.31. The number of aromatic carboxylic acids is 1. The molecule has 0 amide bonds. The van der Waals surface area contributed by atoms with Crippen LogP contribution in [0.25, 0.3) is 0 Å². The first-order valence-electron chi connectivity index (χ1n) is 5.80. The third kappa shape index (κ3) is 4.29. The number of carbonyl (C=O) groups is 1. The van der Waals surface area contributed by atoms with Gasteiger partial charge in [-0.15, -0.1) is 0 Å². The maximum absolute atomic E-state index is 12.0. The van der Waals surface area contributed by atoms with Gasteiger partial charge in [0, 0.05) is 11.0 Å². The minimum absolute atomic E-state index is 0.0450. The molecule has 7 heteroatoms.